The number of hydrogen-bond donors (Lipinski definition) is 1. The molecule has 5 heterocycles. The van der Waals surface area contributed by atoms with Crippen LogP contribution in [0.4, 0.5) is 11.6 Å². The Balaban J connectivity index is 1.32. The van der Waals surface area contributed by atoms with Crippen LogP contribution in [0.3, 0.4) is 0 Å². The van der Waals surface area contributed by atoms with Gasteiger partial charge < -0.3 is 13.7 Å². The quantitative estimate of drug-likeness (QED) is 0.150. The lowest BCUT2D eigenvalue weighted by atomic mass is 10.2. The highest BCUT2D eigenvalue weighted by atomic mass is 35.5. The maximum atomic E-state index is 13.3. The van der Waals surface area contributed by atoms with Crippen molar-refractivity contribution in [3.8, 4) is 5.75 Å². The molecule has 2 aliphatic heterocycles. The van der Waals surface area contributed by atoms with E-state index in [9.17, 15) is 19.5 Å². The molecule has 14 nitrogen and oxygen atoms in total. The van der Waals surface area contributed by atoms with Gasteiger partial charge in [0.1, 0.15) is 40.7 Å². The number of nitro groups is 1. The molecular weight excluding hydrogens is 543 g/mol. The number of hydrogen-bond acceptors (Lipinski definition) is 10. The summed E-state index contributed by atoms with van der Waals surface area (Å²) >= 11 is 6.18. The average molecular weight is 567 g/mol. The summed E-state index contributed by atoms with van der Waals surface area (Å²) in [5.41, 5.74) is 0.790. The van der Waals surface area contributed by atoms with Crippen molar-refractivity contribution in [1.82, 2.24) is 19.5 Å². The Morgan fingerprint density at radius 1 is 1.29 bits per heavy atom. The van der Waals surface area contributed by atoms with Gasteiger partial charge in [-0.2, -0.15) is 0 Å². The Bertz CT molecular complexity index is 1410. The standard InChI is InChI=1S/C22H24ClN6O8P/c1-12-15(13(2)36-26-12)11-34-20-8-17(24-10-16(20)23)21(30)25-22-18(29(31)32)9-19(35-22)14(3)37-38(33,27-4-5-27)28-6-7-28/h8-10,14H,4-7,11H2,1-3H3,(H,25,30). The molecule has 2 aliphatic rings. The van der Waals surface area contributed by atoms with E-state index in [0.29, 0.717) is 37.6 Å². The molecule has 0 bridgehead atoms. The van der Waals surface area contributed by atoms with Crippen LogP contribution in [0.1, 0.15) is 46.3 Å². The van der Waals surface area contributed by atoms with Gasteiger partial charge >= 0.3 is 13.4 Å². The van der Waals surface area contributed by atoms with Gasteiger partial charge in [0.15, 0.2) is 0 Å². The van der Waals surface area contributed by atoms with Crippen molar-refractivity contribution in [2.75, 3.05) is 31.5 Å². The highest BCUT2D eigenvalue weighted by Crippen LogP contribution is 2.63. The summed E-state index contributed by atoms with van der Waals surface area (Å²) in [5, 5.41) is 18.1. The van der Waals surface area contributed by atoms with E-state index in [1.54, 1.807) is 30.1 Å². The summed E-state index contributed by atoms with van der Waals surface area (Å²) in [5.74, 6) is -0.397. The number of aromatic nitrogens is 2. The van der Waals surface area contributed by atoms with Crippen LogP contribution in [0.5, 0.6) is 5.75 Å². The first-order valence-electron chi connectivity index (χ1n) is 11.7. The van der Waals surface area contributed by atoms with Crippen molar-refractivity contribution in [2.24, 2.45) is 0 Å². The highest BCUT2D eigenvalue weighted by molar-refractivity contribution is 7.54. The van der Waals surface area contributed by atoms with Crippen molar-refractivity contribution >= 4 is 36.7 Å². The van der Waals surface area contributed by atoms with E-state index in [-0.39, 0.29) is 28.8 Å². The third-order valence-electron chi connectivity index (χ3n) is 6.02. The molecule has 0 radical (unpaired) electrons. The molecule has 38 heavy (non-hydrogen) atoms. The Morgan fingerprint density at radius 2 is 1.97 bits per heavy atom. The highest BCUT2D eigenvalue weighted by Gasteiger charge is 2.50. The third kappa shape index (κ3) is 5.31. The number of ether oxygens (including phenoxy) is 1. The molecule has 16 heteroatoms. The molecule has 3 aromatic heterocycles. The maximum absolute atomic E-state index is 13.3. The van der Waals surface area contributed by atoms with E-state index >= 15 is 0 Å². The molecule has 5 rings (SSSR count). The van der Waals surface area contributed by atoms with E-state index < -0.39 is 36.2 Å². The summed E-state index contributed by atoms with van der Waals surface area (Å²) < 4.78 is 39.0. The number of nitrogens with one attached hydrogen (secondary N) is 1. The van der Waals surface area contributed by atoms with Gasteiger partial charge in [0.05, 0.1) is 28.4 Å². The predicted molar refractivity (Wildman–Crippen MR) is 133 cm³/mol. The lowest BCUT2D eigenvalue weighted by Gasteiger charge is -2.22. The smallest absolute Gasteiger partial charge is 0.346 e. The molecule has 1 atom stereocenters. The second-order valence-corrected chi connectivity index (χ2v) is 11.5. The van der Waals surface area contributed by atoms with Gasteiger partial charge in [0.2, 0.25) is 0 Å². The number of carbonyl (C=O) groups is 1. The SMILES string of the molecule is Cc1noc(C)c1COc1cc(C(=O)Nc2oc(C(C)OP(=O)(N3CC3)N3CC3)cc2[N+](=O)[O-])ncc1Cl. The fourth-order valence-electron chi connectivity index (χ4n) is 3.67. The van der Waals surface area contributed by atoms with E-state index in [4.69, 9.17) is 29.8 Å². The number of halogens is 1. The lowest BCUT2D eigenvalue weighted by Crippen LogP contribution is -2.14. The normalized spacial score (nSPS) is 16.3. The number of carbonyl (C=O) groups excluding carboxylic acids is 1. The first kappa shape index (κ1) is 26.3. The molecule has 1 amide bonds. The number of amides is 1. The minimum absolute atomic E-state index is 0.0449. The van der Waals surface area contributed by atoms with Crippen LogP contribution in [0.15, 0.2) is 27.3 Å². The fraction of sp³-hybridized carbons (Fsp3) is 0.409. The molecule has 0 spiro atoms. The molecule has 0 aromatic carbocycles. The average Bonchev–Trinajstić information content (AvgIpc) is 3.80. The van der Waals surface area contributed by atoms with Crippen molar-refractivity contribution in [3.63, 3.8) is 0 Å². The van der Waals surface area contributed by atoms with Gasteiger partial charge in [0.25, 0.3) is 11.8 Å². The summed E-state index contributed by atoms with van der Waals surface area (Å²) in [4.78, 5) is 27.9. The number of pyridine rings is 1. The molecular formula is C22H24ClN6O8P. The number of rotatable bonds is 11. The number of anilines is 1. The summed E-state index contributed by atoms with van der Waals surface area (Å²) in [6.07, 6.45) is 0.360. The van der Waals surface area contributed by atoms with E-state index in [1.165, 1.54) is 12.3 Å². The van der Waals surface area contributed by atoms with Gasteiger partial charge in [-0.05, 0) is 20.8 Å². The van der Waals surface area contributed by atoms with Gasteiger partial charge in [0, 0.05) is 32.2 Å². The molecule has 2 saturated heterocycles. The molecule has 3 aromatic rings. The Labute approximate surface area is 221 Å². The lowest BCUT2D eigenvalue weighted by molar-refractivity contribution is -0.384. The number of nitrogens with zero attached hydrogens (tertiary/aromatic N) is 5. The van der Waals surface area contributed by atoms with Crippen LogP contribution < -0.4 is 10.1 Å². The first-order chi connectivity index (χ1) is 18.1. The maximum Gasteiger partial charge on any atom is 0.346 e. The van der Waals surface area contributed by atoms with Crippen LogP contribution in [-0.2, 0) is 15.7 Å². The van der Waals surface area contributed by atoms with Gasteiger partial charge in [-0.3, -0.25) is 29.3 Å². The molecule has 202 valence electrons. The Morgan fingerprint density at radius 3 is 2.55 bits per heavy atom. The minimum Gasteiger partial charge on any atom is -0.487 e. The van der Waals surface area contributed by atoms with Gasteiger partial charge in [-0.15, -0.1) is 0 Å². The summed E-state index contributed by atoms with van der Waals surface area (Å²) in [6.45, 7) is 7.79. The zero-order chi connectivity index (χ0) is 27.2. The van der Waals surface area contributed by atoms with E-state index in [2.05, 4.69) is 15.5 Å². The van der Waals surface area contributed by atoms with Crippen LogP contribution in [0, 0.1) is 24.0 Å². The predicted octanol–water partition coefficient (Wildman–Crippen LogP) is 4.49. The Kier molecular flexibility index (Phi) is 7.01. The summed E-state index contributed by atoms with van der Waals surface area (Å²) in [6, 6.07) is 2.45. The van der Waals surface area contributed by atoms with E-state index in [1.807, 2.05) is 0 Å². The number of aryl methyl sites for hydroxylation is 2. The van der Waals surface area contributed by atoms with Crippen molar-refractivity contribution in [3.05, 3.63) is 61.9 Å². The second kappa shape index (κ2) is 10.1. The third-order valence-corrected chi connectivity index (χ3v) is 9.12. The van der Waals surface area contributed by atoms with Gasteiger partial charge in [-0.1, -0.05) is 16.8 Å². The van der Waals surface area contributed by atoms with Crippen LogP contribution in [0.25, 0.3) is 0 Å². The van der Waals surface area contributed by atoms with Crippen molar-refractivity contribution in [2.45, 2.75) is 33.5 Å². The van der Waals surface area contributed by atoms with Gasteiger partial charge in [-0.25, -0.2) is 14.3 Å². The molecule has 1 unspecified atom stereocenters. The monoisotopic (exact) mass is 566 g/mol. The zero-order valence-electron chi connectivity index (χ0n) is 20.7. The van der Waals surface area contributed by atoms with Crippen LogP contribution >= 0.6 is 19.3 Å². The Hall–Kier alpha value is -3.29. The second-order valence-electron chi connectivity index (χ2n) is 8.81. The summed E-state index contributed by atoms with van der Waals surface area (Å²) in [7, 11) is -3.21. The topological polar surface area (TPSA) is 166 Å². The zero-order valence-corrected chi connectivity index (χ0v) is 22.3. The molecule has 1 N–H and O–H groups in total. The molecule has 2 fully saturated rings. The fourth-order valence-corrected chi connectivity index (χ4v) is 6.16. The van der Waals surface area contributed by atoms with E-state index in [0.717, 1.165) is 11.6 Å². The molecule has 0 aliphatic carbocycles. The van der Waals surface area contributed by atoms with Crippen molar-refractivity contribution < 1.29 is 32.5 Å². The largest absolute Gasteiger partial charge is 0.487 e. The first-order valence-corrected chi connectivity index (χ1v) is 13.6. The number of furan rings is 1. The van der Waals surface area contributed by atoms with Crippen LogP contribution in [0.2, 0.25) is 5.02 Å². The van der Waals surface area contributed by atoms with Crippen LogP contribution in [-0.4, -0.2) is 56.5 Å². The minimum atomic E-state index is -3.21. The van der Waals surface area contributed by atoms with Crippen molar-refractivity contribution in [1.29, 1.82) is 0 Å². The molecule has 0 saturated carbocycles.